The fourth-order valence-corrected chi connectivity index (χ4v) is 1.88. The molecule has 0 aliphatic heterocycles. The zero-order valence-electron chi connectivity index (χ0n) is 8.86. The second-order valence-corrected chi connectivity index (χ2v) is 4.97. The summed E-state index contributed by atoms with van der Waals surface area (Å²) in [6.07, 6.45) is 8.22. The fourth-order valence-electron chi connectivity index (χ4n) is 1.62. The molecule has 78 valence electrons. The molecule has 0 heterocycles. The number of allylic oxidation sites excluding steroid dienone is 2. The van der Waals surface area contributed by atoms with Crippen LogP contribution < -0.4 is 0 Å². The van der Waals surface area contributed by atoms with E-state index >= 15 is 0 Å². The van der Waals surface area contributed by atoms with Crippen molar-refractivity contribution in [3.8, 4) is 5.75 Å². The zero-order valence-corrected chi connectivity index (χ0v) is 9.75. The van der Waals surface area contributed by atoms with Gasteiger partial charge in [-0.15, -0.1) is 12.6 Å². The van der Waals surface area contributed by atoms with Crippen molar-refractivity contribution in [1.82, 2.24) is 0 Å². The predicted octanol–water partition coefficient (Wildman–Crippen LogP) is 3.75. The van der Waals surface area contributed by atoms with E-state index in [1.54, 1.807) is 6.07 Å². The fraction of sp³-hybridized carbons (Fsp3) is 0.231. The maximum atomic E-state index is 9.80. The first-order chi connectivity index (χ1) is 6.98. The van der Waals surface area contributed by atoms with Gasteiger partial charge in [-0.05, 0) is 17.7 Å². The largest absolute Gasteiger partial charge is 0.507 e. The van der Waals surface area contributed by atoms with Crippen LogP contribution in [0.3, 0.4) is 0 Å². The molecule has 1 nitrogen and oxygen atoms in total. The molecule has 1 aliphatic carbocycles. The van der Waals surface area contributed by atoms with E-state index in [2.05, 4.69) is 38.6 Å². The highest BCUT2D eigenvalue weighted by Crippen LogP contribution is 2.33. The Kier molecular flexibility index (Phi) is 2.39. The van der Waals surface area contributed by atoms with Gasteiger partial charge in [-0.2, -0.15) is 0 Å². The molecule has 0 aromatic heterocycles. The van der Waals surface area contributed by atoms with Gasteiger partial charge in [-0.3, -0.25) is 0 Å². The van der Waals surface area contributed by atoms with Crippen molar-refractivity contribution in [2.75, 3.05) is 0 Å². The summed E-state index contributed by atoms with van der Waals surface area (Å²) in [7, 11) is 0. The minimum Gasteiger partial charge on any atom is -0.507 e. The maximum absolute atomic E-state index is 9.80. The quantitative estimate of drug-likeness (QED) is 0.635. The minimum atomic E-state index is 0.0300. The molecule has 2 heteroatoms. The molecule has 0 atom stereocenters. The van der Waals surface area contributed by atoms with E-state index < -0.39 is 0 Å². The Hall–Kier alpha value is -1.15. The zero-order chi connectivity index (χ0) is 11.1. The molecule has 0 bridgehead atoms. The van der Waals surface area contributed by atoms with Crippen LogP contribution in [-0.2, 0) is 0 Å². The molecule has 0 saturated carbocycles. The van der Waals surface area contributed by atoms with Crippen LogP contribution in [0.4, 0.5) is 0 Å². The van der Waals surface area contributed by atoms with Gasteiger partial charge in [-0.25, -0.2) is 0 Å². The molecule has 0 radical (unpaired) electrons. The highest BCUT2D eigenvalue weighted by atomic mass is 32.1. The van der Waals surface area contributed by atoms with E-state index in [1.165, 1.54) is 0 Å². The van der Waals surface area contributed by atoms with Crippen LogP contribution >= 0.6 is 12.6 Å². The predicted molar refractivity (Wildman–Crippen MR) is 67.2 cm³/mol. The Bertz CT molecular complexity index is 456. The lowest BCUT2D eigenvalue weighted by Crippen LogP contribution is -1.99. The van der Waals surface area contributed by atoms with Crippen LogP contribution in [-0.4, -0.2) is 5.11 Å². The first kappa shape index (κ1) is 10.4. The number of thiol groups is 1. The second kappa shape index (κ2) is 3.46. The summed E-state index contributed by atoms with van der Waals surface area (Å²) in [5.41, 5.74) is 1.92. The number of aromatic hydroxyl groups is 1. The van der Waals surface area contributed by atoms with E-state index in [9.17, 15) is 5.11 Å². The van der Waals surface area contributed by atoms with Crippen LogP contribution in [0.15, 0.2) is 29.2 Å². The van der Waals surface area contributed by atoms with Crippen LogP contribution in [0.25, 0.3) is 12.2 Å². The van der Waals surface area contributed by atoms with Crippen molar-refractivity contribution in [1.29, 1.82) is 0 Å². The van der Waals surface area contributed by atoms with Crippen molar-refractivity contribution in [3.05, 3.63) is 35.4 Å². The first-order valence-corrected chi connectivity index (χ1v) is 5.37. The highest BCUT2D eigenvalue weighted by Gasteiger charge is 2.14. The lowest BCUT2D eigenvalue weighted by Gasteiger charge is -2.12. The molecule has 0 spiro atoms. The lowest BCUT2D eigenvalue weighted by atomic mass is 9.93. The van der Waals surface area contributed by atoms with Crippen molar-refractivity contribution < 1.29 is 5.11 Å². The van der Waals surface area contributed by atoms with Crippen molar-refractivity contribution in [2.24, 2.45) is 5.41 Å². The number of hydrogen-bond acceptors (Lipinski definition) is 2. The summed E-state index contributed by atoms with van der Waals surface area (Å²) in [6, 6.07) is 3.62. The van der Waals surface area contributed by atoms with Gasteiger partial charge in [0, 0.05) is 15.9 Å². The van der Waals surface area contributed by atoms with Gasteiger partial charge < -0.3 is 5.11 Å². The lowest BCUT2D eigenvalue weighted by molar-refractivity contribution is 0.472. The summed E-state index contributed by atoms with van der Waals surface area (Å²) < 4.78 is 0. The molecular weight excluding hydrogens is 204 g/mol. The smallest absolute Gasteiger partial charge is 0.124 e. The van der Waals surface area contributed by atoms with Gasteiger partial charge in [0.2, 0.25) is 0 Å². The van der Waals surface area contributed by atoms with E-state index in [1.807, 2.05) is 18.2 Å². The maximum Gasteiger partial charge on any atom is 0.124 e. The molecular formula is C13H14OS. The molecule has 0 amide bonds. The van der Waals surface area contributed by atoms with Gasteiger partial charge in [0.05, 0.1) is 0 Å². The van der Waals surface area contributed by atoms with Crippen molar-refractivity contribution in [3.63, 3.8) is 0 Å². The number of phenols is 1. The van der Waals surface area contributed by atoms with Crippen LogP contribution in [0.2, 0.25) is 0 Å². The van der Waals surface area contributed by atoms with Gasteiger partial charge in [0.25, 0.3) is 0 Å². The minimum absolute atomic E-state index is 0.0300. The topological polar surface area (TPSA) is 20.2 Å². The number of rotatable bonds is 0. The van der Waals surface area contributed by atoms with Crippen LogP contribution in [0, 0.1) is 5.41 Å². The van der Waals surface area contributed by atoms with Gasteiger partial charge in [0.1, 0.15) is 5.75 Å². The van der Waals surface area contributed by atoms with Crippen LogP contribution in [0.5, 0.6) is 5.75 Å². The molecule has 0 unspecified atom stereocenters. The Morgan fingerprint density at radius 1 is 1.13 bits per heavy atom. The van der Waals surface area contributed by atoms with E-state index in [-0.39, 0.29) is 11.2 Å². The second-order valence-electron chi connectivity index (χ2n) is 4.46. The molecule has 1 aliphatic rings. The Balaban J connectivity index is 2.63. The Labute approximate surface area is 95.6 Å². The van der Waals surface area contributed by atoms with Gasteiger partial charge in [0.15, 0.2) is 0 Å². The SMILES string of the molecule is CC1(C)C=Cc2cc(S)cc(O)c2C=C1. The molecule has 1 N–H and O–H groups in total. The van der Waals surface area contributed by atoms with E-state index in [4.69, 9.17) is 0 Å². The molecule has 1 aromatic rings. The van der Waals surface area contributed by atoms with E-state index in [0.717, 1.165) is 16.0 Å². The summed E-state index contributed by atoms with van der Waals surface area (Å²) in [5, 5.41) is 9.80. The summed E-state index contributed by atoms with van der Waals surface area (Å²) in [6.45, 7) is 4.26. The average molecular weight is 218 g/mol. The number of hydrogen-bond donors (Lipinski definition) is 2. The number of benzene rings is 1. The van der Waals surface area contributed by atoms with Crippen molar-refractivity contribution in [2.45, 2.75) is 18.7 Å². The molecule has 0 saturated heterocycles. The molecule has 1 aromatic carbocycles. The average Bonchev–Trinajstić information content (AvgIpc) is 2.26. The van der Waals surface area contributed by atoms with E-state index in [0.29, 0.717) is 0 Å². The number of fused-ring (bicyclic) bond motifs is 1. The normalized spacial score (nSPS) is 17.3. The van der Waals surface area contributed by atoms with Crippen molar-refractivity contribution >= 4 is 24.8 Å². The Morgan fingerprint density at radius 2 is 1.80 bits per heavy atom. The monoisotopic (exact) mass is 218 g/mol. The third-order valence-electron chi connectivity index (χ3n) is 2.55. The highest BCUT2D eigenvalue weighted by molar-refractivity contribution is 7.80. The first-order valence-electron chi connectivity index (χ1n) is 4.92. The summed E-state index contributed by atoms with van der Waals surface area (Å²) >= 11 is 4.25. The molecule has 0 fully saturated rings. The number of phenolic OH excluding ortho intramolecular Hbond substituents is 1. The summed E-state index contributed by atoms with van der Waals surface area (Å²) in [5.74, 6) is 0.288. The van der Waals surface area contributed by atoms with Gasteiger partial charge in [-0.1, -0.05) is 38.2 Å². The third-order valence-corrected chi connectivity index (χ3v) is 2.81. The van der Waals surface area contributed by atoms with Gasteiger partial charge >= 0.3 is 0 Å². The Morgan fingerprint density at radius 3 is 2.53 bits per heavy atom. The van der Waals surface area contributed by atoms with Crippen LogP contribution in [0.1, 0.15) is 25.0 Å². The molecule has 2 rings (SSSR count). The third kappa shape index (κ3) is 2.10. The molecule has 15 heavy (non-hydrogen) atoms. The summed E-state index contributed by atoms with van der Waals surface area (Å²) in [4.78, 5) is 0.781. The standard InChI is InChI=1S/C13H14OS/c1-13(2)5-3-9-7-10(15)8-12(14)11(9)4-6-13/h3-8,14-15H,1-2H3.